The minimum absolute atomic E-state index is 0.119. The third-order valence-electron chi connectivity index (χ3n) is 5.98. The minimum atomic E-state index is -0.195. The van der Waals surface area contributed by atoms with E-state index >= 15 is 0 Å². The van der Waals surface area contributed by atoms with E-state index in [9.17, 15) is 9.59 Å². The third-order valence-corrected chi connectivity index (χ3v) is 5.98. The minimum Gasteiger partial charge on any atom is -0.324 e. The molecule has 4 aromatic rings. The molecule has 1 aliphatic heterocycles. The first-order valence-electron chi connectivity index (χ1n) is 11.6. The number of benzene rings is 1. The molecule has 10 heteroatoms. The van der Waals surface area contributed by atoms with E-state index in [1.54, 1.807) is 21.6 Å². The first-order valence-corrected chi connectivity index (χ1v) is 11.6. The lowest BCUT2D eigenvalue weighted by Gasteiger charge is -2.18. The Hall–Kier alpha value is -3.79. The zero-order valence-electron chi connectivity index (χ0n) is 19.6. The Bertz CT molecular complexity index is 1480. The molecule has 0 radical (unpaired) electrons. The lowest BCUT2D eigenvalue weighted by Crippen LogP contribution is -2.28. The fourth-order valence-electron chi connectivity index (χ4n) is 4.32. The Morgan fingerprint density at radius 3 is 2.79 bits per heavy atom. The summed E-state index contributed by atoms with van der Waals surface area (Å²) in [4.78, 5) is 34.5. The number of fused-ring (bicyclic) bond motifs is 2. The highest BCUT2D eigenvalue weighted by atomic mass is 16.1. The molecule has 0 amide bonds. The Balaban J connectivity index is 1.62. The Kier molecular flexibility index (Phi) is 5.74. The van der Waals surface area contributed by atoms with Crippen molar-refractivity contribution < 1.29 is 0 Å². The number of nitrogens with one attached hydrogen (secondary N) is 2. The molecule has 0 spiro atoms. The fourth-order valence-corrected chi connectivity index (χ4v) is 4.32. The van der Waals surface area contributed by atoms with E-state index in [0.29, 0.717) is 29.3 Å². The second-order valence-electron chi connectivity index (χ2n) is 8.77. The largest absolute Gasteiger partial charge is 0.324 e. The van der Waals surface area contributed by atoms with E-state index < -0.39 is 0 Å². The van der Waals surface area contributed by atoms with Crippen molar-refractivity contribution in [1.29, 1.82) is 0 Å². The first-order chi connectivity index (χ1) is 16.5. The van der Waals surface area contributed by atoms with Gasteiger partial charge in [0.2, 0.25) is 5.95 Å². The van der Waals surface area contributed by atoms with Gasteiger partial charge >= 0.3 is 0 Å². The molecule has 0 aliphatic carbocycles. The number of rotatable bonds is 6. The molecule has 0 atom stereocenters. The smallest absolute Gasteiger partial charge is 0.278 e. The highest BCUT2D eigenvalue weighted by Gasteiger charge is 2.19. The van der Waals surface area contributed by atoms with Crippen LogP contribution in [0.5, 0.6) is 0 Å². The van der Waals surface area contributed by atoms with Gasteiger partial charge in [-0.05, 0) is 62.6 Å². The average Bonchev–Trinajstić information content (AvgIpc) is 3.10. The maximum atomic E-state index is 13.2. The molecule has 176 valence electrons. The van der Waals surface area contributed by atoms with Crippen molar-refractivity contribution in [2.24, 2.45) is 0 Å². The maximum absolute atomic E-state index is 13.2. The van der Waals surface area contributed by atoms with Gasteiger partial charge in [0.1, 0.15) is 5.39 Å². The zero-order chi connectivity index (χ0) is 23.8. The van der Waals surface area contributed by atoms with Crippen LogP contribution in [-0.4, -0.2) is 35.7 Å². The van der Waals surface area contributed by atoms with Crippen LogP contribution in [0.2, 0.25) is 0 Å². The van der Waals surface area contributed by atoms with Crippen molar-refractivity contribution in [1.82, 2.24) is 34.4 Å². The third kappa shape index (κ3) is 3.90. The summed E-state index contributed by atoms with van der Waals surface area (Å²) in [7, 11) is 0. The normalized spacial score (nSPS) is 13.4. The van der Waals surface area contributed by atoms with E-state index in [1.165, 1.54) is 21.9 Å². The van der Waals surface area contributed by atoms with Crippen LogP contribution in [0.25, 0.3) is 16.9 Å². The molecule has 2 N–H and O–H groups in total. The quantitative estimate of drug-likeness (QED) is 0.455. The molecule has 34 heavy (non-hydrogen) atoms. The van der Waals surface area contributed by atoms with Crippen LogP contribution in [0.4, 0.5) is 11.6 Å². The van der Waals surface area contributed by atoms with Gasteiger partial charge in [-0.15, -0.1) is 5.10 Å². The van der Waals surface area contributed by atoms with Crippen LogP contribution < -0.4 is 21.8 Å². The van der Waals surface area contributed by atoms with Crippen molar-refractivity contribution in [2.75, 3.05) is 11.9 Å². The highest BCUT2D eigenvalue weighted by Crippen LogP contribution is 2.22. The van der Waals surface area contributed by atoms with Gasteiger partial charge in [0.05, 0.1) is 6.04 Å². The molecule has 0 unspecified atom stereocenters. The van der Waals surface area contributed by atoms with Gasteiger partial charge < -0.3 is 10.6 Å². The standard InChI is InChI=1S/C24H28N8O2/c1-4-11-30-23(34)19-14-26-24(27-18-6-5-17-13-25-10-9-16(17)12-18)28-22(19)32(30)20-7-8-21(33)31(29-20)15(2)3/h5-8,12,14-15,25H,4,9-11,13H2,1-3H3,(H,26,27,28). The molecular formula is C24H28N8O2. The zero-order valence-corrected chi connectivity index (χ0v) is 19.6. The van der Waals surface area contributed by atoms with Crippen molar-refractivity contribution in [3.8, 4) is 5.82 Å². The monoisotopic (exact) mass is 460 g/mol. The van der Waals surface area contributed by atoms with Crippen LogP contribution in [0, 0.1) is 0 Å². The van der Waals surface area contributed by atoms with Gasteiger partial charge in [-0.1, -0.05) is 13.0 Å². The van der Waals surface area contributed by atoms with Crippen molar-refractivity contribution in [2.45, 2.75) is 52.7 Å². The second kappa shape index (κ2) is 8.86. The summed E-state index contributed by atoms with van der Waals surface area (Å²) in [5.41, 5.74) is 3.56. The average molecular weight is 461 g/mol. The number of hydrogen-bond donors (Lipinski definition) is 2. The predicted molar refractivity (Wildman–Crippen MR) is 131 cm³/mol. The lowest BCUT2D eigenvalue weighted by atomic mass is 10.0. The molecule has 10 nitrogen and oxygen atoms in total. The molecule has 1 aromatic carbocycles. The van der Waals surface area contributed by atoms with Crippen LogP contribution in [0.3, 0.4) is 0 Å². The molecular weight excluding hydrogens is 432 g/mol. The van der Waals surface area contributed by atoms with Gasteiger partial charge in [0.15, 0.2) is 11.5 Å². The Morgan fingerprint density at radius 1 is 1.15 bits per heavy atom. The summed E-state index contributed by atoms with van der Waals surface area (Å²) in [5.74, 6) is 0.848. The summed E-state index contributed by atoms with van der Waals surface area (Å²) in [6.07, 6.45) is 3.28. The van der Waals surface area contributed by atoms with Gasteiger partial charge in [0, 0.05) is 31.0 Å². The highest BCUT2D eigenvalue weighted by molar-refractivity contribution is 5.77. The predicted octanol–water partition coefficient (Wildman–Crippen LogP) is 2.52. The van der Waals surface area contributed by atoms with E-state index in [0.717, 1.165) is 31.6 Å². The Morgan fingerprint density at radius 2 is 2.00 bits per heavy atom. The molecule has 1 aliphatic rings. The van der Waals surface area contributed by atoms with Gasteiger partial charge in [-0.25, -0.2) is 19.0 Å². The SMILES string of the molecule is CCCn1c(=O)c2cnc(Nc3ccc4c(c3)CCNC4)nc2n1-c1ccc(=O)n(C(C)C)n1. The molecule has 0 bridgehead atoms. The van der Waals surface area contributed by atoms with E-state index in [-0.39, 0.29) is 17.2 Å². The molecule has 5 rings (SSSR count). The molecule has 0 saturated carbocycles. The lowest BCUT2D eigenvalue weighted by molar-refractivity contribution is 0.476. The summed E-state index contributed by atoms with van der Waals surface area (Å²) >= 11 is 0. The maximum Gasteiger partial charge on any atom is 0.278 e. The van der Waals surface area contributed by atoms with Gasteiger partial charge in [-0.3, -0.25) is 9.59 Å². The summed E-state index contributed by atoms with van der Waals surface area (Å²) in [6, 6.07) is 9.21. The summed E-state index contributed by atoms with van der Waals surface area (Å²) < 4.78 is 4.70. The number of anilines is 2. The number of aromatic nitrogens is 6. The van der Waals surface area contributed by atoms with Crippen LogP contribution in [-0.2, 0) is 19.5 Å². The number of hydrogen-bond acceptors (Lipinski definition) is 7. The molecule has 0 saturated heterocycles. The van der Waals surface area contributed by atoms with E-state index in [4.69, 9.17) is 4.98 Å². The fraction of sp³-hybridized carbons (Fsp3) is 0.375. The van der Waals surface area contributed by atoms with Crippen molar-refractivity contribution in [3.63, 3.8) is 0 Å². The van der Waals surface area contributed by atoms with Crippen molar-refractivity contribution in [3.05, 3.63) is 68.4 Å². The molecule has 4 heterocycles. The van der Waals surface area contributed by atoms with Crippen molar-refractivity contribution >= 4 is 22.7 Å². The van der Waals surface area contributed by atoms with Gasteiger partial charge in [0.25, 0.3) is 11.1 Å². The van der Waals surface area contributed by atoms with Crippen LogP contribution >= 0.6 is 0 Å². The molecule has 3 aromatic heterocycles. The topological polar surface area (TPSA) is 112 Å². The molecule has 0 fully saturated rings. The summed E-state index contributed by atoms with van der Waals surface area (Å²) in [5, 5.41) is 11.6. The van der Waals surface area contributed by atoms with E-state index in [2.05, 4.69) is 32.8 Å². The number of nitrogens with zero attached hydrogens (tertiary/aromatic N) is 6. The van der Waals surface area contributed by atoms with Crippen LogP contribution in [0.1, 0.15) is 44.4 Å². The van der Waals surface area contributed by atoms with E-state index in [1.807, 2.05) is 26.8 Å². The summed E-state index contributed by atoms with van der Waals surface area (Å²) in [6.45, 7) is 8.11. The van der Waals surface area contributed by atoms with Crippen LogP contribution in [0.15, 0.2) is 46.1 Å². The Labute approximate surface area is 196 Å². The second-order valence-corrected chi connectivity index (χ2v) is 8.77. The first kappa shape index (κ1) is 22.0. The van der Waals surface area contributed by atoms with Gasteiger partial charge in [-0.2, -0.15) is 4.98 Å².